The molecule has 2 aliphatic rings. The summed E-state index contributed by atoms with van der Waals surface area (Å²) in [4.78, 5) is 34.4. The first kappa shape index (κ1) is 21.8. The molecule has 2 aromatic carbocycles. The highest BCUT2D eigenvalue weighted by Crippen LogP contribution is 2.31. The van der Waals surface area contributed by atoms with E-state index in [2.05, 4.69) is 4.99 Å². The number of allylic oxidation sites excluding steroid dienone is 1. The van der Waals surface area contributed by atoms with Gasteiger partial charge in [0, 0.05) is 6.08 Å². The summed E-state index contributed by atoms with van der Waals surface area (Å²) in [7, 11) is 1.54. The van der Waals surface area contributed by atoms with Crippen LogP contribution in [-0.4, -0.2) is 42.3 Å². The molecule has 2 aromatic rings. The van der Waals surface area contributed by atoms with Crippen molar-refractivity contribution in [3.8, 4) is 17.2 Å². The maximum absolute atomic E-state index is 12.5. The summed E-state index contributed by atoms with van der Waals surface area (Å²) in [5.74, 6) is 0.772. The standard InChI is InChI=1S/C24H21N3O6/c1-4-31-20-13-15(12-18-22(25)27-21(26-23(18)28)11-14(2)33-27)5-10-19(20)32-24(29)16-6-8-17(30-3)9-7-16/h5-13,25H,4H2,1-3H3/b18-12+,25-22?. The SMILES string of the molecule is CCOc1cc(/C=C2\C(=N)N3OC(C)=CC3=NC2=O)ccc1OC(=O)c1ccc(OC)cc1. The number of amidine groups is 2. The Morgan fingerprint density at radius 2 is 1.94 bits per heavy atom. The molecule has 0 spiro atoms. The van der Waals surface area contributed by atoms with Crippen LogP contribution in [0.2, 0.25) is 0 Å². The molecule has 0 aliphatic carbocycles. The van der Waals surface area contributed by atoms with Crippen LogP contribution in [-0.2, 0) is 9.63 Å². The number of nitrogens with zero attached hydrogens (tertiary/aromatic N) is 2. The minimum atomic E-state index is -0.551. The van der Waals surface area contributed by atoms with E-state index in [4.69, 9.17) is 24.5 Å². The van der Waals surface area contributed by atoms with Crippen molar-refractivity contribution in [1.29, 1.82) is 5.41 Å². The van der Waals surface area contributed by atoms with Crippen LogP contribution in [0.3, 0.4) is 0 Å². The first-order valence-corrected chi connectivity index (χ1v) is 10.1. The Hall–Kier alpha value is -4.40. The van der Waals surface area contributed by atoms with Crippen molar-refractivity contribution in [2.45, 2.75) is 13.8 Å². The molecule has 33 heavy (non-hydrogen) atoms. The predicted octanol–water partition coefficient (Wildman–Crippen LogP) is 3.76. The second-order valence-electron chi connectivity index (χ2n) is 7.08. The van der Waals surface area contributed by atoms with Crippen LogP contribution in [0.1, 0.15) is 29.8 Å². The zero-order valence-corrected chi connectivity index (χ0v) is 18.2. The molecule has 1 N–H and O–H groups in total. The zero-order chi connectivity index (χ0) is 23.5. The third-order valence-corrected chi connectivity index (χ3v) is 4.79. The average molecular weight is 447 g/mol. The van der Waals surface area contributed by atoms with E-state index in [9.17, 15) is 9.59 Å². The lowest BCUT2D eigenvalue weighted by Gasteiger charge is -2.23. The quantitative estimate of drug-likeness (QED) is 0.408. The number of carbonyl (C=O) groups is 2. The van der Waals surface area contributed by atoms with Crippen LogP contribution in [0.4, 0.5) is 0 Å². The van der Waals surface area contributed by atoms with Gasteiger partial charge in [-0.3, -0.25) is 10.2 Å². The second kappa shape index (κ2) is 8.99. The van der Waals surface area contributed by atoms with Crippen molar-refractivity contribution < 1.29 is 28.6 Å². The van der Waals surface area contributed by atoms with E-state index in [0.29, 0.717) is 35.0 Å². The molecule has 0 aromatic heterocycles. The molecule has 0 saturated carbocycles. The summed E-state index contributed by atoms with van der Waals surface area (Å²) in [6.07, 6.45) is 3.10. The maximum atomic E-state index is 12.5. The van der Waals surface area contributed by atoms with Gasteiger partial charge in [0.05, 0.1) is 24.9 Å². The minimum absolute atomic E-state index is 0.0623. The highest BCUT2D eigenvalue weighted by atomic mass is 16.7. The van der Waals surface area contributed by atoms with Crippen molar-refractivity contribution in [2.75, 3.05) is 13.7 Å². The Labute approximate surface area is 190 Å². The fraction of sp³-hybridized carbons (Fsp3) is 0.167. The highest BCUT2D eigenvalue weighted by Gasteiger charge is 2.34. The third kappa shape index (κ3) is 4.47. The van der Waals surface area contributed by atoms with Gasteiger partial charge in [0.2, 0.25) is 0 Å². The molecule has 2 aliphatic heterocycles. The van der Waals surface area contributed by atoms with Gasteiger partial charge in [-0.1, -0.05) is 6.07 Å². The van der Waals surface area contributed by atoms with Crippen molar-refractivity contribution in [1.82, 2.24) is 5.06 Å². The molecule has 1 amide bonds. The number of ether oxygens (including phenoxy) is 3. The summed E-state index contributed by atoms with van der Waals surface area (Å²) in [5, 5.41) is 9.52. The molecule has 0 bridgehead atoms. The Morgan fingerprint density at radius 3 is 2.64 bits per heavy atom. The fourth-order valence-corrected chi connectivity index (χ4v) is 3.22. The smallest absolute Gasteiger partial charge is 0.343 e. The number of rotatable bonds is 6. The zero-order valence-electron chi connectivity index (χ0n) is 18.2. The summed E-state index contributed by atoms with van der Waals surface area (Å²) in [6.45, 7) is 3.85. The van der Waals surface area contributed by atoms with Gasteiger partial charge in [-0.05, 0) is 61.9 Å². The number of hydrogen-bond donors (Lipinski definition) is 1. The molecule has 168 valence electrons. The van der Waals surface area contributed by atoms with Gasteiger partial charge < -0.3 is 19.0 Å². The molecule has 0 radical (unpaired) electrons. The van der Waals surface area contributed by atoms with Crippen LogP contribution in [0.25, 0.3) is 6.08 Å². The monoisotopic (exact) mass is 447 g/mol. The summed E-state index contributed by atoms with van der Waals surface area (Å²) >= 11 is 0. The number of amides is 1. The fourth-order valence-electron chi connectivity index (χ4n) is 3.22. The minimum Gasteiger partial charge on any atom is -0.497 e. The summed E-state index contributed by atoms with van der Waals surface area (Å²) in [5.41, 5.74) is 0.986. The molecule has 9 heteroatoms. The van der Waals surface area contributed by atoms with Crippen LogP contribution in [0, 0.1) is 5.41 Å². The summed E-state index contributed by atoms with van der Waals surface area (Å²) in [6, 6.07) is 11.4. The van der Waals surface area contributed by atoms with E-state index in [1.54, 1.807) is 69.5 Å². The first-order valence-electron chi connectivity index (χ1n) is 10.1. The van der Waals surface area contributed by atoms with Gasteiger partial charge in [-0.15, -0.1) is 5.06 Å². The van der Waals surface area contributed by atoms with Crippen LogP contribution >= 0.6 is 0 Å². The number of benzene rings is 2. The number of fused-ring (bicyclic) bond motifs is 1. The number of hydrogen-bond acceptors (Lipinski definition) is 7. The van der Waals surface area contributed by atoms with Gasteiger partial charge in [0.25, 0.3) is 5.91 Å². The third-order valence-electron chi connectivity index (χ3n) is 4.79. The van der Waals surface area contributed by atoms with Crippen molar-refractivity contribution in [3.05, 3.63) is 71.0 Å². The van der Waals surface area contributed by atoms with E-state index >= 15 is 0 Å². The molecule has 4 rings (SSSR count). The Morgan fingerprint density at radius 1 is 1.18 bits per heavy atom. The topological polar surface area (TPSA) is 111 Å². The van der Waals surface area contributed by atoms with Crippen LogP contribution < -0.4 is 14.2 Å². The van der Waals surface area contributed by atoms with Crippen molar-refractivity contribution in [2.24, 2.45) is 4.99 Å². The predicted molar refractivity (Wildman–Crippen MR) is 120 cm³/mol. The molecule has 0 fully saturated rings. The number of esters is 1. The molecule has 0 atom stereocenters. The highest BCUT2D eigenvalue weighted by molar-refractivity contribution is 6.32. The van der Waals surface area contributed by atoms with Crippen LogP contribution in [0.5, 0.6) is 17.2 Å². The molecule has 9 nitrogen and oxygen atoms in total. The normalized spacial score (nSPS) is 16.1. The lowest BCUT2D eigenvalue weighted by atomic mass is 10.1. The number of aliphatic imine (C=N–C) groups is 1. The van der Waals surface area contributed by atoms with Gasteiger partial charge >= 0.3 is 5.97 Å². The van der Waals surface area contributed by atoms with Crippen molar-refractivity contribution >= 4 is 29.6 Å². The largest absolute Gasteiger partial charge is 0.497 e. The number of nitrogens with one attached hydrogen (secondary N) is 1. The lowest BCUT2D eigenvalue weighted by molar-refractivity contribution is -0.114. The van der Waals surface area contributed by atoms with E-state index in [0.717, 1.165) is 0 Å². The molecular weight excluding hydrogens is 426 g/mol. The van der Waals surface area contributed by atoms with Gasteiger partial charge in [-0.2, -0.15) is 4.99 Å². The van der Waals surface area contributed by atoms with E-state index in [1.165, 1.54) is 11.1 Å². The molecule has 0 saturated heterocycles. The molecule has 0 unspecified atom stereocenters. The number of methoxy groups -OCH3 is 1. The van der Waals surface area contributed by atoms with Gasteiger partial charge in [0.1, 0.15) is 11.5 Å². The number of hydroxylamine groups is 2. The van der Waals surface area contributed by atoms with E-state index in [-0.39, 0.29) is 23.0 Å². The van der Waals surface area contributed by atoms with Crippen molar-refractivity contribution in [3.63, 3.8) is 0 Å². The Bertz CT molecular complexity index is 1230. The summed E-state index contributed by atoms with van der Waals surface area (Å²) < 4.78 is 16.3. The second-order valence-corrected chi connectivity index (χ2v) is 7.08. The maximum Gasteiger partial charge on any atom is 0.343 e. The Balaban J connectivity index is 1.59. The van der Waals surface area contributed by atoms with E-state index in [1.807, 2.05) is 0 Å². The van der Waals surface area contributed by atoms with Crippen LogP contribution in [0.15, 0.2) is 64.9 Å². The van der Waals surface area contributed by atoms with Gasteiger partial charge in [-0.25, -0.2) is 4.79 Å². The molecule has 2 heterocycles. The lowest BCUT2D eigenvalue weighted by Crippen LogP contribution is -2.38. The van der Waals surface area contributed by atoms with Gasteiger partial charge in [0.15, 0.2) is 23.2 Å². The Kier molecular flexibility index (Phi) is 5.95. The average Bonchev–Trinajstić information content (AvgIpc) is 3.18. The first-order chi connectivity index (χ1) is 15.9. The van der Waals surface area contributed by atoms with E-state index < -0.39 is 11.9 Å². The number of carbonyl (C=O) groups excluding carboxylic acids is 2. The molecular formula is C24H21N3O6.